The summed E-state index contributed by atoms with van der Waals surface area (Å²) < 4.78 is 0. The zero-order chi connectivity index (χ0) is 22.9. The number of anilines is 2. The van der Waals surface area contributed by atoms with Gasteiger partial charge < -0.3 is 0 Å². The first-order chi connectivity index (χ1) is 15.6. The van der Waals surface area contributed by atoms with E-state index in [4.69, 9.17) is 9.68 Å². The van der Waals surface area contributed by atoms with E-state index in [0.717, 1.165) is 10.1 Å². The standard InChI is InChI=1S/C24H23N4O4/c1-3-31-27(23(29)18-11-7-5-8-12-18)20-15-16-22(21(17-20)26-25)28(32-4-2)24(30)19-13-9-6-10-14-19/h5-17H,3-4H2,1-2H3/q+1. The van der Waals surface area contributed by atoms with Crippen LogP contribution in [0.5, 0.6) is 0 Å². The summed E-state index contributed by atoms with van der Waals surface area (Å²) in [5.74, 6) is -0.807. The van der Waals surface area contributed by atoms with Crippen molar-refractivity contribution in [2.24, 2.45) is 0 Å². The Kier molecular flexibility index (Phi) is 7.65. The maximum Gasteiger partial charge on any atom is 0.413 e. The number of hydrogen-bond acceptors (Lipinski definition) is 5. The van der Waals surface area contributed by atoms with Crippen molar-refractivity contribution in [2.75, 3.05) is 23.3 Å². The van der Waals surface area contributed by atoms with Crippen LogP contribution in [-0.2, 0) is 9.68 Å². The van der Waals surface area contributed by atoms with Gasteiger partial charge in [-0.15, -0.1) is 0 Å². The fourth-order valence-corrected chi connectivity index (χ4v) is 3.03. The summed E-state index contributed by atoms with van der Waals surface area (Å²) in [7, 11) is 0. The number of benzene rings is 3. The van der Waals surface area contributed by atoms with Gasteiger partial charge in [0.15, 0.2) is 10.7 Å². The highest BCUT2D eigenvalue weighted by Gasteiger charge is 2.29. The molecule has 2 amide bonds. The molecule has 0 saturated carbocycles. The van der Waals surface area contributed by atoms with E-state index in [0.29, 0.717) is 16.8 Å². The summed E-state index contributed by atoms with van der Waals surface area (Å²) in [6, 6.07) is 21.8. The molecule has 3 rings (SSSR count). The Labute approximate surface area is 186 Å². The molecule has 0 atom stereocenters. The molecular weight excluding hydrogens is 408 g/mol. The number of nitrogens with zero attached hydrogens (tertiary/aromatic N) is 4. The Bertz CT molecular complexity index is 1110. The van der Waals surface area contributed by atoms with Crippen LogP contribution in [0.4, 0.5) is 17.1 Å². The molecule has 0 spiro atoms. The molecule has 0 aromatic heterocycles. The van der Waals surface area contributed by atoms with Crippen LogP contribution in [0, 0.1) is 5.39 Å². The number of rotatable bonds is 8. The number of carbonyl (C=O) groups is 2. The fourth-order valence-electron chi connectivity index (χ4n) is 3.03. The highest BCUT2D eigenvalue weighted by molar-refractivity contribution is 6.08. The van der Waals surface area contributed by atoms with Crippen LogP contribution in [0.15, 0.2) is 78.9 Å². The average molecular weight is 431 g/mol. The zero-order valence-electron chi connectivity index (χ0n) is 17.8. The third-order valence-electron chi connectivity index (χ3n) is 4.45. The third-order valence-corrected chi connectivity index (χ3v) is 4.45. The van der Waals surface area contributed by atoms with E-state index in [9.17, 15) is 15.0 Å². The summed E-state index contributed by atoms with van der Waals surface area (Å²) in [5, 5.41) is 11.9. The van der Waals surface area contributed by atoms with Gasteiger partial charge in [0.05, 0.1) is 25.0 Å². The summed E-state index contributed by atoms with van der Waals surface area (Å²) >= 11 is 0. The second kappa shape index (κ2) is 10.8. The molecule has 0 unspecified atom stereocenters. The number of hydroxylamine groups is 2. The van der Waals surface area contributed by atoms with Gasteiger partial charge in [0.2, 0.25) is 5.39 Å². The number of hydrogen-bond donors (Lipinski definition) is 0. The number of amides is 2. The Morgan fingerprint density at radius 2 is 1.28 bits per heavy atom. The maximum atomic E-state index is 13.0. The molecule has 8 heteroatoms. The van der Waals surface area contributed by atoms with Crippen LogP contribution >= 0.6 is 0 Å². The van der Waals surface area contributed by atoms with Crippen molar-refractivity contribution in [1.82, 2.24) is 0 Å². The van der Waals surface area contributed by atoms with Crippen LogP contribution in [0.25, 0.3) is 4.98 Å². The molecule has 0 aliphatic rings. The Morgan fingerprint density at radius 3 is 1.78 bits per heavy atom. The van der Waals surface area contributed by atoms with Crippen LogP contribution in [0.1, 0.15) is 34.6 Å². The molecule has 3 aromatic carbocycles. The first-order valence-electron chi connectivity index (χ1n) is 10.1. The topological polar surface area (TPSA) is 87.2 Å². The highest BCUT2D eigenvalue weighted by Crippen LogP contribution is 2.35. The van der Waals surface area contributed by atoms with Gasteiger partial charge in [-0.1, -0.05) is 36.4 Å². The van der Waals surface area contributed by atoms with Crippen molar-refractivity contribution in [2.45, 2.75) is 13.8 Å². The minimum Gasteiger partial charge on any atom is -0.266 e. The Morgan fingerprint density at radius 1 is 0.781 bits per heavy atom. The number of diazo groups is 1. The molecule has 32 heavy (non-hydrogen) atoms. The van der Waals surface area contributed by atoms with E-state index in [2.05, 4.69) is 4.98 Å². The molecule has 0 aliphatic carbocycles. The highest BCUT2D eigenvalue weighted by atomic mass is 16.7. The summed E-state index contributed by atoms with van der Waals surface area (Å²) in [5.41, 5.74) is 1.43. The fraction of sp³-hybridized carbons (Fsp3) is 0.167. The van der Waals surface area contributed by atoms with Gasteiger partial charge in [-0.2, -0.15) is 10.1 Å². The lowest BCUT2D eigenvalue weighted by Crippen LogP contribution is -2.32. The molecule has 0 N–H and O–H groups in total. The van der Waals surface area contributed by atoms with Crippen molar-refractivity contribution in [3.8, 4) is 0 Å². The van der Waals surface area contributed by atoms with E-state index in [1.165, 1.54) is 12.1 Å². The van der Waals surface area contributed by atoms with Crippen LogP contribution in [0.2, 0.25) is 0 Å². The molecule has 0 aliphatic heterocycles. The molecule has 0 radical (unpaired) electrons. The van der Waals surface area contributed by atoms with Gasteiger partial charge in [0.1, 0.15) is 0 Å². The largest absolute Gasteiger partial charge is 0.413 e. The molecule has 162 valence electrons. The molecule has 0 bridgehead atoms. The van der Waals surface area contributed by atoms with Crippen molar-refractivity contribution >= 4 is 28.9 Å². The average Bonchev–Trinajstić information content (AvgIpc) is 2.86. The maximum absolute atomic E-state index is 13.0. The lowest BCUT2D eigenvalue weighted by atomic mass is 10.1. The molecule has 0 heterocycles. The van der Waals surface area contributed by atoms with Gasteiger partial charge in [0, 0.05) is 11.1 Å². The monoisotopic (exact) mass is 431 g/mol. The molecule has 0 fully saturated rings. The van der Waals surface area contributed by atoms with E-state index in [1.54, 1.807) is 74.5 Å². The van der Waals surface area contributed by atoms with Gasteiger partial charge in [-0.3, -0.25) is 19.3 Å². The SMILES string of the molecule is CCON(C(=O)c1ccccc1)c1ccc(N(OCC)C(=O)c2ccccc2)c([N+]#N)c1. The van der Waals surface area contributed by atoms with E-state index in [1.807, 2.05) is 6.07 Å². The normalized spacial score (nSPS) is 10.3. The van der Waals surface area contributed by atoms with Gasteiger partial charge >= 0.3 is 5.69 Å². The summed E-state index contributed by atoms with van der Waals surface area (Å²) in [4.78, 5) is 40.4. The van der Waals surface area contributed by atoms with Crippen LogP contribution in [-0.4, -0.2) is 25.0 Å². The lowest BCUT2D eigenvalue weighted by molar-refractivity contribution is 0.0672. The molecule has 8 nitrogen and oxygen atoms in total. The predicted molar refractivity (Wildman–Crippen MR) is 121 cm³/mol. The first kappa shape index (κ1) is 22.6. The minimum absolute atomic E-state index is 0.0331. The molecule has 3 aromatic rings. The van der Waals surface area contributed by atoms with E-state index < -0.39 is 5.91 Å². The zero-order valence-corrected chi connectivity index (χ0v) is 17.8. The van der Waals surface area contributed by atoms with E-state index in [-0.39, 0.29) is 30.5 Å². The van der Waals surface area contributed by atoms with Gasteiger partial charge in [-0.05, 0) is 50.2 Å². The van der Waals surface area contributed by atoms with Gasteiger partial charge in [-0.25, -0.2) is 0 Å². The number of carbonyl (C=O) groups excluding carboxylic acids is 2. The van der Waals surface area contributed by atoms with Gasteiger partial charge in [0.25, 0.3) is 11.8 Å². The van der Waals surface area contributed by atoms with Crippen LogP contribution in [0.3, 0.4) is 0 Å². The molecular formula is C24H23N4O4+. The first-order valence-corrected chi connectivity index (χ1v) is 10.1. The molecule has 0 saturated heterocycles. The second-order valence-electron chi connectivity index (χ2n) is 6.54. The van der Waals surface area contributed by atoms with Crippen molar-refractivity contribution in [1.29, 1.82) is 5.39 Å². The van der Waals surface area contributed by atoms with Crippen molar-refractivity contribution < 1.29 is 19.3 Å². The smallest absolute Gasteiger partial charge is 0.266 e. The summed E-state index contributed by atoms with van der Waals surface area (Å²) in [6.45, 7) is 3.95. The Hall–Kier alpha value is -4.06. The van der Waals surface area contributed by atoms with E-state index >= 15 is 0 Å². The minimum atomic E-state index is -0.424. The van der Waals surface area contributed by atoms with Crippen molar-refractivity contribution in [3.05, 3.63) is 95.0 Å². The third kappa shape index (κ3) is 4.98. The summed E-state index contributed by atoms with van der Waals surface area (Å²) in [6.07, 6.45) is 0. The lowest BCUT2D eigenvalue weighted by Gasteiger charge is -2.23. The van der Waals surface area contributed by atoms with Crippen molar-refractivity contribution in [3.63, 3.8) is 0 Å². The quantitative estimate of drug-likeness (QED) is 0.354. The van der Waals surface area contributed by atoms with Crippen LogP contribution < -0.4 is 10.1 Å². The second-order valence-corrected chi connectivity index (χ2v) is 6.54. The predicted octanol–water partition coefficient (Wildman–Crippen LogP) is 5.37. The Balaban J connectivity index is 2.00.